The number of hydrogen-bond acceptors (Lipinski definition) is 4. The molecule has 6 heteroatoms. The minimum absolute atomic E-state index is 0.406. The van der Waals surface area contributed by atoms with Crippen LogP contribution in [0.5, 0.6) is 0 Å². The molecular formula is C13H13Cl2N3S. The van der Waals surface area contributed by atoms with Crippen molar-refractivity contribution in [2.45, 2.75) is 12.5 Å². The van der Waals surface area contributed by atoms with Gasteiger partial charge in [0.15, 0.2) is 5.13 Å². The first-order valence-corrected chi connectivity index (χ1v) is 7.74. The lowest BCUT2D eigenvalue weighted by Crippen LogP contribution is -2.32. The summed E-state index contributed by atoms with van der Waals surface area (Å²) in [5.41, 5.74) is 1.04. The number of nitrogens with zero attached hydrogens (tertiary/aromatic N) is 2. The zero-order chi connectivity index (χ0) is 13.2. The molecule has 3 nitrogen and oxygen atoms in total. The minimum Gasteiger partial charge on any atom is -0.315 e. The Morgan fingerprint density at radius 2 is 2.21 bits per heavy atom. The lowest BCUT2D eigenvalue weighted by molar-refractivity contribution is 0.710. The third kappa shape index (κ3) is 2.72. The van der Waals surface area contributed by atoms with Crippen molar-refractivity contribution in [2.24, 2.45) is 0 Å². The van der Waals surface area contributed by atoms with Crippen LogP contribution in [0.25, 0.3) is 0 Å². The van der Waals surface area contributed by atoms with Crippen LogP contribution < -0.4 is 10.2 Å². The van der Waals surface area contributed by atoms with Crippen LogP contribution in [0.4, 0.5) is 10.8 Å². The molecule has 0 amide bonds. The van der Waals surface area contributed by atoms with Crippen molar-refractivity contribution in [1.82, 2.24) is 10.3 Å². The van der Waals surface area contributed by atoms with E-state index in [1.54, 1.807) is 11.3 Å². The number of thiazole rings is 1. The normalized spacial score (nSPS) is 18.7. The van der Waals surface area contributed by atoms with E-state index in [0.717, 1.165) is 30.3 Å². The van der Waals surface area contributed by atoms with Crippen LogP contribution in [0.3, 0.4) is 0 Å². The second-order valence-electron chi connectivity index (χ2n) is 4.43. The molecule has 100 valence electrons. The summed E-state index contributed by atoms with van der Waals surface area (Å²) in [7, 11) is 0. The summed E-state index contributed by atoms with van der Waals surface area (Å²) in [5.74, 6) is 0. The van der Waals surface area contributed by atoms with Gasteiger partial charge in [0.25, 0.3) is 0 Å². The van der Waals surface area contributed by atoms with Gasteiger partial charge in [-0.25, -0.2) is 4.98 Å². The number of anilines is 2. The Labute approximate surface area is 126 Å². The third-order valence-electron chi connectivity index (χ3n) is 3.21. The van der Waals surface area contributed by atoms with Crippen LogP contribution in [-0.4, -0.2) is 24.1 Å². The molecule has 1 atom stereocenters. The van der Waals surface area contributed by atoms with Crippen LogP contribution in [-0.2, 0) is 0 Å². The van der Waals surface area contributed by atoms with E-state index < -0.39 is 0 Å². The number of rotatable bonds is 3. The van der Waals surface area contributed by atoms with Gasteiger partial charge in [0.05, 0.1) is 16.1 Å². The van der Waals surface area contributed by atoms with Crippen molar-refractivity contribution >= 4 is 45.4 Å². The Morgan fingerprint density at radius 1 is 1.32 bits per heavy atom. The van der Waals surface area contributed by atoms with E-state index in [4.69, 9.17) is 23.2 Å². The lowest BCUT2D eigenvalue weighted by Gasteiger charge is -2.28. The fourth-order valence-corrected chi connectivity index (χ4v) is 3.33. The molecule has 1 aromatic heterocycles. The van der Waals surface area contributed by atoms with Crippen molar-refractivity contribution < 1.29 is 0 Å². The zero-order valence-electron chi connectivity index (χ0n) is 10.1. The van der Waals surface area contributed by atoms with E-state index in [1.165, 1.54) is 0 Å². The average Bonchev–Trinajstić information content (AvgIpc) is 3.07. The van der Waals surface area contributed by atoms with Crippen LogP contribution in [0.2, 0.25) is 10.0 Å². The van der Waals surface area contributed by atoms with Gasteiger partial charge in [-0.1, -0.05) is 23.2 Å². The quantitative estimate of drug-likeness (QED) is 0.930. The molecule has 1 aliphatic rings. The molecule has 0 aliphatic carbocycles. The Bertz CT molecular complexity index is 553. The molecule has 0 bridgehead atoms. The monoisotopic (exact) mass is 313 g/mol. The maximum atomic E-state index is 6.13. The molecule has 2 aromatic rings. The first-order valence-electron chi connectivity index (χ1n) is 6.10. The number of hydrogen-bond donors (Lipinski definition) is 1. The van der Waals surface area contributed by atoms with Gasteiger partial charge in [-0.15, -0.1) is 11.3 Å². The topological polar surface area (TPSA) is 28.2 Å². The Hall–Kier alpha value is -0.810. The number of benzene rings is 1. The summed E-state index contributed by atoms with van der Waals surface area (Å²) in [6.07, 6.45) is 2.92. The molecule has 0 spiro atoms. The van der Waals surface area contributed by atoms with Crippen LogP contribution in [0.15, 0.2) is 29.8 Å². The van der Waals surface area contributed by atoms with Gasteiger partial charge in [-0.3, -0.25) is 0 Å². The molecule has 1 N–H and O–H groups in total. The number of aromatic nitrogens is 1. The highest BCUT2D eigenvalue weighted by molar-refractivity contribution is 7.13. The Balaban J connectivity index is 2.00. The summed E-state index contributed by atoms with van der Waals surface area (Å²) in [6, 6.07) is 6.14. The lowest BCUT2D eigenvalue weighted by atomic mass is 10.2. The van der Waals surface area contributed by atoms with Gasteiger partial charge < -0.3 is 10.2 Å². The Morgan fingerprint density at radius 3 is 2.84 bits per heavy atom. The second kappa shape index (κ2) is 5.67. The zero-order valence-corrected chi connectivity index (χ0v) is 12.5. The maximum Gasteiger partial charge on any atom is 0.190 e. The number of nitrogens with one attached hydrogen (secondary N) is 1. The fourth-order valence-electron chi connectivity index (χ4n) is 2.31. The van der Waals surface area contributed by atoms with Gasteiger partial charge in [0.2, 0.25) is 0 Å². The standard InChI is InChI=1S/C13H13Cl2N3S/c14-11-2-1-9(7-12(11)15)18(10-3-4-16-8-10)13-17-5-6-19-13/h1-2,5-7,10,16H,3-4,8H2. The van der Waals surface area contributed by atoms with Crippen LogP contribution in [0.1, 0.15) is 6.42 Å². The molecule has 19 heavy (non-hydrogen) atoms. The third-order valence-corrected chi connectivity index (χ3v) is 4.72. The summed E-state index contributed by atoms with van der Waals surface area (Å²) in [5, 5.41) is 7.52. The largest absolute Gasteiger partial charge is 0.315 e. The molecule has 1 aromatic carbocycles. The van der Waals surface area contributed by atoms with Crippen molar-refractivity contribution in [3.63, 3.8) is 0 Å². The van der Waals surface area contributed by atoms with Crippen molar-refractivity contribution in [3.05, 3.63) is 39.8 Å². The van der Waals surface area contributed by atoms with Crippen molar-refractivity contribution in [1.29, 1.82) is 0 Å². The van der Waals surface area contributed by atoms with E-state index in [9.17, 15) is 0 Å². The van der Waals surface area contributed by atoms with Gasteiger partial charge in [-0.2, -0.15) is 0 Å². The summed E-state index contributed by atoms with van der Waals surface area (Å²) in [4.78, 5) is 6.67. The first-order chi connectivity index (χ1) is 9.25. The molecule has 1 fully saturated rings. The maximum absolute atomic E-state index is 6.13. The van der Waals surface area contributed by atoms with E-state index >= 15 is 0 Å². The van der Waals surface area contributed by atoms with E-state index in [2.05, 4.69) is 15.2 Å². The average molecular weight is 314 g/mol. The predicted octanol–water partition coefficient (Wildman–Crippen LogP) is 3.95. The SMILES string of the molecule is Clc1ccc(N(c2nccs2)C2CCNC2)cc1Cl. The molecule has 0 saturated carbocycles. The highest BCUT2D eigenvalue weighted by Crippen LogP contribution is 2.35. The van der Waals surface area contributed by atoms with E-state index in [-0.39, 0.29) is 0 Å². The summed E-state index contributed by atoms with van der Waals surface area (Å²) >= 11 is 13.8. The molecule has 3 rings (SSSR count). The molecule has 1 saturated heterocycles. The predicted molar refractivity (Wildman–Crippen MR) is 82.0 cm³/mol. The van der Waals surface area contributed by atoms with E-state index in [0.29, 0.717) is 16.1 Å². The first kappa shape index (κ1) is 13.2. The number of halogens is 2. The summed E-state index contributed by atoms with van der Waals surface area (Å²) in [6.45, 7) is 1.99. The van der Waals surface area contributed by atoms with Gasteiger partial charge in [0, 0.05) is 23.8 Å². The smallest absolute Gasteiger partial charge is 0.190 e. The Kier molecular flexibility index (Phi) is 3.93. The molecule has 1 unspecified atom stereocenters. The molecular weight excluding hydrogens is 301 g/mol. The highest BCUT2D eigenvalue weighted by atomic mass is 35.5. The molecule has 0 radical (unpaired) electrons. The van der Waals surface area contributed by atoms with Gasteiger partial charge in [-0.05, 0) is 31.2 Å². The van der Waals surface area contributed by atoms with Crippen LogP contribution in [0, 0.1) is 0 Å². The van der Waals surface area contributed by atoms with E-state index in [1.807, 2.05) is 29.8 Å². The van der Waals surface area contributed by atoms with Crippen molar-refractivity contribution in [3.8, 4) is 0 Å². The van der Waals surface area contributed by atoms with Crippen molar-refractivity contribution in [2.75, 3.05) is 18.0 Å². The van der Waals surface area contributed by atoms with Crippen LogP contribution >= 0.6 is 34.5 Å². The summed E-state index contributed by atoms with van der Waals surface area (Å²) < 4.78 is 0. The fraction of sp³-hybridized carbons (Fsp3) is 0.308. The minimum atomic E-state index is 0.406. The van der Waals surface area contributed by atoms with Gasteiger partial charge >= 0.3 is 0 Å². The molecule has 1 aliphatic heterocycles. The van der Waals surface area contributed by atoms with Gasteiger partial charge in [0.1, 0.15) is 0 Å². The second-order valence-corrected chi connectivity index (χ2v) is 6.12. The highest BCUT2D eigenvalue weighted by Gasteiger charge is 2.26. The molecule has 2 heterocycles.